The molecule has 0 saturated heterocycles. The summed E-state index contributed by atoms with van der Waals surface area (Å²) in [5, 5.41) is 3.76. The van der Waals surface area contributed by atoms with Crippen LogP contribution in [-0.4, -0.2) is 24.8 Å². The molecule has 2 aromatic rings. The molecule has 0 aliphatic rings. The Kier molecular flexibility index (Phi) is 3.65. The number of rotatable bonds is 4. The number of aromatic amines is 1. The number of nitrogens with zero attached hydrogens (tertiary/aromatic N) is 1. The maximum absolute atomic E-state index is 12.2. The lowest BCUT2D eigenvalue weighted by molar-refractivity contribution is 0.466. The molecule has 0 saturated carbocycles. The molecule has 18 heavy (non-hydrogen) atoms. The first-order valence-corrected chi connectivity index (χ1v) is 7.54. The lowest BCUT2D eigenvalue weighted by Crippen LogP contribution is -2.30. The van der Waals surface area contributed by atoms with E-state index in [2.05, 4.69) is 4.98 Å². The van der Waals surface area contributed by atoms with Crippen molar-refractivity contribution in [1.82, 2.24) is 9.29 Å². The molecule has 7 heteroatoms. The molecule has 0 atom stereocenters. The number of thiophene rings is 1. The van der Waals surface area contributed by atoms with Gasteiger partial charge in [0.2, 0.25) is 15.5 Å². The second-order valence-corrected chi connectivity index (χ2v) is 6.56. The molecule has 0 fully saturated rings. The van der Waals surface area contributed by atoms with E-state index in [0.29, 0.717) is 0 Å². The van der Waals surface area contributed by atoms with E-state index >= 15 is 0 Å². The zero-order chi connectivity index (χ0) is 13.2. The highest BCUT2D eigenvalue weighted by Crippen LogP contribution is 2.14. The first kappa shape index (κ1) is 13.0. The first-order chi connectivity index (χ1) is 8.51. The highest BCUT2D eigenvalue weighted by Gasteiger charge is 2.23. The smallest absolute Gasteiger partial charge is 0.248 e. The minimum atomic E-state index is -3.75. The summed E-state index contributed by atoms with van der Waals surface area (Å²) in [5.41, 5.74) is 0.393. The van der Waals surface area contributed by atoms with Crippen LogP contribution in [0.15, 0.2) is 45.0 Å². The van der Waals surface area contributed by atoms with Gasteiger partial charge in [-0.25, -0.2) is 8.42 Å². The van der Waals surface area contributed by atoms with Gasteiger partial charge in [-0.1, -0.05) is 0 Å². The van der Waals surface area contributed by atoms with Crippen molar-refractivity contribution < 1.29 is 8.42 Å². The van der Waals surface area contributed by atoms with Gasteiger partial charge in [-0.05, 0) is 22.4 Å². The Morgan fingerprint density at radius 1 is 1.39 bits per heavy atom. The fraction of sp³-hybridized carbons (Fsp3) is 0.182. The molecule has 0 aliphatic heterocycles. The number of hydrogen-bond acceptors (Lipinski definition) is 4. The summed E-state index contributed by atoms with van der Waals surface area (Å²) < 4.78 is 25.5. The third kappa shape index (κ3) is 2.53. The Hall–Kier alpha value is -1.44. The topological polar surface area (TPSA) is 70.2 Å². The van der Waals surface area contributed by atoms with Gasteiger partial charge in [-0.2, -0.15) is 15.6 Å². The van der Waals surface area contributed by atoms with Crippen LogP contribution in [0.3, 0.4) is 0 Å². The summed E-state index contributed by atoms with van der Waals surface area (Å²) in [6, 6.07) is 3.05. The summed E-state index contributed by atoms with van der Waals surface area (Å²) in [5.74, 6) is 0. The van der Waals surface area contributed by atoms with Gasteiger partial charge < -0.3 is 4.98 Å². The quantitative estimate of drug-likeness (QED) is 0.918. The molecule has 0 bridgehead atoms. The summed E-state index contributed by atoms with van der Waals surface area (Å²) >= 11 is 1.50. The highest BCUT2D eigenvalue weighted by molar-refractivity contribution is 7.89. The maximum atomic E-state index is 12.2. The van der Waals surface area contributed by atoms with E-state index < -0.39 is 15.5 Å². The molecule has 5 nitrogen and oxygen atoms in total. The van der Waals surface area contributed by atoms with Crippen LogP contribution in [-0.2, 0) is 16.6 Å². The summed E-state index contributed by atoms with van der Waals surface area (Å²) in [6.07, 6.45) is 2.61. The van der Waals surface area contributed by atoms with Gasteiger partial charge in [0.25, 0.3) is 0 Å². The maximum Gasteiger partial charge on any atom is 0.248 e. The summed E-state index contributed by atoms with van der Waals surface area (Å²) in [6.45, 7) is 0.250. The van der Waals surface area contributed by atoms with E-state index in [1.807, 2.05) is 16.8 Å². The largest absolute Gasteiger partial charge is 0.366 e. The number of nitrogens with one attached hydrogen (secondary N) is 1. The van der Waals surface area contributed by atoms with Crippen LogP contribution in [0.25, 0.3) is 0 Å². The van der Waals surface area contributed by atoms with Crippen molar-refractivity contribution in [3.63, 3.8) is 0 Å². The lowest BCUT2D eigenvalue weighted by atomic mass is 10.3. The van der Waals surface area contributed by atoms with Crippen molar-refractivity contribution in [2.45, 2.75) is 11.4 Å². The van der Waals surface area contributed by atoms with Crippen LogP contribution < -0.4 is 5.43 Å². The predicted molar refractivity (Wildman–Crippen MR) is 70.0 cm³/mol. The molecule has 0 aromatic carbocycles. The minimum Gasteiger partial charge on any atom is -0.366 e. The zero-order valence-corrected chi connectivity index (χ0v) is 11.3. The average molecular weight is 284 g/mol. The lowest BCUT2D eigenvalue weighted by Gasteiger charge is -2.15. The van der Waals surface area contributed by atoms with Crippen molar-refractivity contribution in [2.75, 3.05) is 7.05 Å². The Labute approximate surface area is 109 Å². The molecule has 0 unspecified atom stereocenters. The van der Waals surface area contributed by atoms with E-state index in [1.54, 1.807) is 0 Å². The zero-order valence-electron chi connectivity index (χ0n) is 9.66. The van der Waals surface area contributed by atoms with Crippen LogP contribution >= 0.6 is 11.3 Å². The second kappa shape index (κ2) is 5.05. The molecule has 2 heterocycles. The van der Waals surface area contributed by atoms with Crippen molar-refractivity contribution >= 4 is 21.4 Å². The molecule has 0 spiro atoms. The molecule has 2 aromatic heterocycles. The van der Waals surface area contributed by atoms with Gasteiger partial charge in [0.1, 0.15) is 4.90 Å². The van der Waals surface area contributed by atoms with Crippen LogP contribution in [0.2, 0.25) is 0 Å². The first-order valence-electron chi connectivity index (χ1n) is 5.16. The molecule has 0 aliphatic carbocycles. The number of hydrogen-bond donors (Lipinski definition) is 1. The van der Waals surface area contributed by atoms with Crippen molar-refractivity contribution in [2.24, 2.45) is 0 Å². The fourth-order valence-electron chi connectivity index (χ4n) is 1.50. The summed E-state index contributed by atoms with van der Waals surface area (Å²) in [4.78, 5) is 13.9. The molecule has 2 rings (SSSR count). The molecule has 96 valence electrons. The average Bonchev–Trinajstić information content (AvgIpc) is 2.82. The number of sulfonamides is 1. The third-order valence-corrected chi connectivity index (χ3v) is 5.02. The molecular weight excluding hydrogens is 272 g/mol. The SMILES string of the molecule is CN(Cc1ccsc1)S(=O)(=O)c1c[nH]ccc1=O. The Morgan fingerprint density at radius 3 is 2.78 bits per heavy atom. The monoisotopic (exact) mass is 284 g/mol. The Morgan fingerprint density at radius 2 is 2.17 bits per heavy atom. The van der Waals surface area contributed by atoms with E-state index in [4.69, 9.17) is 0 Å². The van der Waals surface area contributed by atoms with Crippen LogP contribution in [0.1, 0.15) is 5.56 Å². The molecule has 1 N–H and O–H groups in total. The van der Waals surface area contributed by atoms with Crippen molar-refractivity contribution in [1.29, 1.82) is 0 Å². The predicted octanol–water partition coefficient (Wildman–Crippen LogP) is 1.26. The van der Waals surface area contributed by atoms with E-state index in [1.165, 1.54) is 41.1 Å². The van der Waals surface area contributed by atoms with Crippen molar-refractivity contribution in [3.05, 3.63) is 51.1 Å². The van der Waals surface area contributed by atoms with Gasteiger partial charge in [-0.3, -0.25) is 4.79 Å². The van der Waals surface area contributed by atoms with Crippen LogP contribution in [0.5, 0.6) is 0 Å². The van der Waals surface area contributed by atoms with Gasteiger partial charge in [0, 0.05) is 32.1 Å². The normalized spacial score (nSPS) is 11.9. The van der Waals surface area contributed by atoms with Gasteiger partial charge in [0.15, 0.2) is 0 Å². The van der Waals surface area contributed by atoms with Crippen LogP contribution in [0, 0.1) is 0 Å². The van der Waals surface area contributed by atoms with Gasteiger partial charge in [-0.15, -0.1) is 0 Å². The highest BCUT2D eigenvalue weighted by atomic mass is 32.2. The number of aromatic nitrogens is 1. The van der Waals surface area contributed by atoms with E-state index in [0.717, 1.165) is 5.56 Å². The van der Waals surface area contributed by atoms with E-state index in [9.17, 15) is 13.2 Å². The Bertz CT molecular complexity index is 674. The van der Waals surface area contributed by atoms with E-state index in [-0.39, 0.29) is 11.4 Å². The molecule has 0 amide bonds. The number of pyridine rings is 1. The van der Waals surface area contributed by atoms with Gasteiger partial charge >= 0.3 is 0 Å². The molecule has 0 radical (unpaired) electrons. The van der Waals surface area contributed by atoms with Crippen LogP contribution in [0.4, 0.5) is 0 Å². The standard InChI is InChI=1S/C11H12N2O3S2/c1-13(7-9-3-5-17-8-9)18(15,16)11-6-12-4-2-10(11)14/h2-6,8H,7H2,1H3,(H,12,14). The number of H-pyrrole nitrogens is 1. The summed E-state index contributed by atoms with van der Waals surface area (Å²) in [7, 11) is -2.29. The molecular formula is C11H12N2O3S2. The minimum absolute atomic E-state index is 0.234. The Balaban J connectivity index is 2.32. The van der Waals surface area contributed by atoms with Crippen molar-refractivity contribution in [3.8, 4) is 0 Å². The second-order valence-electron chi connectivity index (χ2n) is 3.77. The van der Waals surface area contributed by atoms with Gasteiger partial charge in [0.05, 0.1) is 0 Å². The fourth-order valence-corrected chi connectivity index (χ4v) is 3.35. The third-order valence-electron chi connectivity index (χ3n) is 2.46.